The number of nitrogens with zero attached hydrogens (tertiary/aromatic N) is 3. The van der Waals surface area contributed by atoms with Crippen molar-refractivity contribution in [3.8, 4) is 10.0 Å². The Bertz CT molecular complexity index is 519. The molecule has 6 nitrogen and oxygen atoms in total. The van der Waals surface area contributed by atoms with E-state index in [9.17, 15) is 14.9 Å². The van der Waals surface area contributed by atoms with Gasteiger partial charge >= 0.3 is 5.00 Å². The summed E-state index contributed by atoms with van der Waals surface area (Å²) in [5.74, 6) is 0. The van der Waals surface area contributed by atoms with Gasteiger partial charge in [-0.05, 0) is 11.3 Å². The number of hydrogen-bond acceptors (Lipinski definition) is 7. The molecule has 0 saturated heterocycles. The number of carbonyl (C=O) groups is 1. The first-order chi connectivity index (χ1) is 7.20. The highest BCUT2D eigenvalue weighted by molar-refractivity contribution is 7.22. The van der Waals surface area contributed by atoms with Crippen molar-refractivity contribution >= 4 is 34.0 Å². The van der Waals surface area contributed by atoms with Gasteiger partial charge in [-0.15, -0.1) is 11.3 Å². The zero-order valence-corrected chi connectivity index (χ0v) is 8.75. The van der Waals surface area contributed by atoms with Gasteiger partial charge in [-0.2, -0.15) is 0 Å². The molecule has 8 heteroatoms. The van der Waals surface area contributed by atoms with Crippen LogP contribution in [0.25, 0.3) is 10.0 Å². The second kappa shape index (κ2) is 3.83. The maximum Gasteiger partial charge on any atom is 0.344 e. The summed E-state index contributed by atoms with van der Waals surface area (Å²) in [5, 5.41) is 12.9. The molecule has 0 aromatic carbocycles. The lowest BCUT2D eigenvalue weighted by atomic mass is 10.5. The van der Waals surface area contributed by atoms with Crippen LogP contribution in [0, 0.1) is 10.1 Å². The van der Waals surface area contributed by atoms with E-state index < -0.39 is 4.92 Å². The fourth-order valence-corrected chi connectivity index (χ4v) is 2.43. The summed E-state index contributed by atoms with van der Waals surface area (Å²) in [7, 11) is 0. The van der Waals surface area contributed by atoms with Crippen molar-refractivity contribution in [1.29, 1.82) is 0 Å². The smallest absolute Gasteiger partial charge is 0.296 e. The monoisotopic (exact) mass is 241 g/mol. The van der Waals surface area contributed by atoms with E-state index in [1.54, 1.807) is 5.38 Å². The number of carbonyl (C=O) groups excluding carboxylic acids is 1. The summed E-state index contributed by atoms with van der Waals surface area (Å²) in [6.45, 7) is 0. The maximum atomic E-state index is 10.4. The predicted molar refractivity (Wildman–Crippen MR) is 55.3 cm³/mol. The minimum atomic E-state index is -0.505. The molecule has 0 atom stereocenters. The van der Waals surface area contributed by atoms with Crippen LogP contribution < -0.4 is 0 Å². The molecule has 0 aliphatic carbocycles. The molecule has 0 amide bonds. The molecule has 76 valence electrons. The SMILES string of the molecule is O=Cc1csc(-c2ncc([N+](=O)[O-])s2)n1. The van der Waals surface area contributed by atoms with E-state index in [1.807, 2.05) is 0 Å². The van der Waals surface area contributed by atoms with E-state index in [-0.39, 0.29) is 5.00 Å². The largest absolute Gasteiger partial charge is 0.344 e. The second-order valence-corrected chi connectivity index (χ2v) is 4.32. The molecule has 0 unspecified atom stereocenters. The molecule has 0 aliphatic rings. The maximum absolute atomic E-state index is 10.4. The van der Waals surface area contributed by atoms with Crippen LogP contribution in [-0.2, 0) is 0 Å². The van der Waals surface area contributed by atoms with Gasteiger partial charge in [0.2, 0.25) is 0 Å². The van der Waals surface area contributed by atoms with Crippen molar-refractivity contribution in [1.82, 2.24) is 9.97 Å². The first kappa shape index (κ1) is 9.87. The van der Waals surface area contributed by atoms with Crippen LogP contribution >= 0.6 is 22.7 Å². The Morgan fingerprint density at radius 1 is 1.47 bits per heavy atom. The minimum absolute atomic E-state index is 0.0344. The highest BCUT2D eigenvalue weighted by Gasteiger charge is 2.15. The highest BCUT2D eigenvalue weighted by atomic mass is 32.1. The van der Waals surface area contributed by atoms with Gasteiger partial charge in [-0.3, -0.25) is 14.9 Å². The number of hydrogen-bond donors (Lipinski definition) is 0. The quantitative estimate of drug-likeness (QED) is 0.466. The lowest BCUT2D eigenvalue weighted by Crippen LogP contribution is -1.80. The van der Waals surface area contributed by atoms with E-state index in [4.69, 9.17) is 0 Å². The third kappa shape index (κ3) is 1.90. The van der Waals surface area contributed by atoms with Crippen molar-refractivity contribution in [2.45, 2.75) is 0 Å². The highest BCUT2D eigenvalue weighted by Crippen LogP contribution is 2.31. The first-order valence-corrected chi connectivity index (χ1v) is 5.41. The summed E-state index contributed by atoms with van der Waals surface area (Å²) >= 11 is 2.17. The normalized spacial score (nSPS) is 10.1. The molecule has 0 fully saturated rings. The van der Waals surface area contributed by atoms with Gasteiger partial charge in [0.15, 0.2) is 16.3 Å². The van der Waals surface area contributed by atoms with Crippen molar-refractivity contribution in [3.05, 3.63) is 27.4 Å². The summed E-state index contributed by atoms with van der Waals surface area (Å²) in [4.78, 5) is 28.1. The molecule has 15 heavy (non-hydrogen) atoms. The average Bonchev–Trinajstić information content (AvgIpc) is 2.86. The summed E-state index contributed by atoms with van der Waals surface area (Å²) in [6, 6.07) is 0. The van der Waals surface area contributed by atoms with Gasteiger partial charge < -0.3 is 0 Å². The number of rotatable bonds is 3. The number of aldehydes is 1. The lowest BCUT2D eigenvalue weighted by molar-refractivity contribution is -0.380. The standard InChI is InChI=1S/C7H3N3O3S2/c11-2-4-3-14-7(9-4)6-8-1-5(15-6)10(12)13/h1-3H. The van der Waals surface area contributed by atoms with Crippen LogP contribution in [0.4, 0.5) is 5.00 Å². The molecular formula is C7H3N3O3S2. The Morgan fingerprint density at radius 2 is 2.27 bits per heavy atom. The molecular weight excluding hydrogens is 238 g/mol. The van der Waals surface area contributed by atoms with Crippen LogP contribution in [0.5, 0.6) is 0 Å². The Hall–Kier alpha value is -1.67. The molecule has 0 spiro atoms. The molecule has 0 saturated carbocycles. The van der Waals surface area contributed by atoms with Gasteiger partial charge in [0.05, 0.1) is 4.92 Å². The number of nitro groups is 1. The fraction of sp³-hybridized carbons (Fsp3) is 0. The summed E-state index contributed by atoms with van der Waals surface area (Å²) < 4.78 is 0. The van der Waals surface area contributed by atoms with Crippen LogP contribution in [0.3, 0.4) is 0 Å². The number of thiazole rings is 2. The third-order valence-corrected chi connectivity index (χ3v) is 3.45. The molecule has 0 aliphatic heterocycles. The zero-order chi connectivity index (χ0) is 10.8. The molecule has 2 aromatic rings. The van der Waals surface area contributed by atoms with Gasteiger partial charge in [-0.1, -0.05) is 0 Å². The van der Waals surface area contributed by atoms with Crippen molar-refractivity contribution < 1.29 is 9.72 Å². The predicted octanol–water partition coefficient (Wildman–Crippen LogP) is 1.99. The second-order valence-electron chi connectivity index (χ2n) is 2.46. The van der Waals surface area contributed by atoms with Crippen LogP contribution in [0.2, 0.25) is 0 Å². The summed E-state index contributed by atoms with van der Waals surface area (Å²) in [6.07, 6.45) is 1.81. The number of aromatic nitrogens is 2. The van der Waals surface area contributed by atoms with E-state index in [0.717, 1.165) is 11.3 Å². The van der Waals surface area contributed by atoms with Crippen LogP contribution in [0.15, 0.2) is 11.6 Å². The zero-order valence-electron chi connectivity index (χ0n) is 7.11. The Kier molecular flexibility index (Phi) is 2.52. The van der Waals surface area contributed by atoms with E-state index in [2.05, 4.69) is 9.97 Å². The van der Waals surface area contributed by atoms with Crippen LogP contribution in [0.1, 0.15) is 10.5 Å². The van der Waals surface area contributed by atoms with Crippen molar-refractivity contribution in [2.75, 3.05) is 0 Å². The van der Waals surface area contributed by atoms with Crippen molar-refractivity contribution in [2.24, 2.45) is 0 Å². The molecule has 2 rings (SSSR count). The lowest BCUT2D eigenvalue weighted by Gasteiger charge is -1.83. The Balaban J connectivity index is 2.36. The van der Waals surface area contributed by atoms with Crippen LogP contribution in [-0.4, -0.2) is 21.2 Å². The van der Waals surface area contributed by atoms with E-state index >= 15 is 0 Å². The average molecular weight is 241 g/mol. The van der Waals surface area contributed by atoms with Gasteiger partial charge in [0, 0.05) is 5.38 Å². The molecule has 2 heterocycles. The van der Waals surface area contributed by atoms with E-state index in [1.165, 1.54) is 17.5 Å². The van der Waals surface area contributed by atoms with Gasteiger partial charge in [0.25, 0.3) is 0 Å². The molecule has 0 bridgehead atoms. The first-order valence-electron chi connectivity index (χ1n) is 3.72. The molecule has 0 N–H and O–H groups in total. The molecule has 2 aromatic heterocycles. The summed E-state index contributed by atoms with van der Waals surface area (Å²) in [5.41, 5.74) is 0.313. The topological polar surface area (TPSA) is 86.0 Å². The van der Waals surface area contributed by atoms with Crippen molar-refractivity contribution in [3.63, 3.8) is 0 Å². The third-order valence-electron chi connectivity index (χ3n) is 1.50. The Morgan fingerprint density at radius 3 is 2.80 bits per heavy atom. The minimum Gasteiger partial charge on any atom is -0.296 e. The fourth-order valence-electron chi connectivity index (χ4n) is 0.887. The van der Waals surface area contributed by atoms with Gasteiger partial charge in [-0.25, -0.2) is 9.97 Å². The van der Waals surface area contributed by atoms with Gasteiger partial charge in [0.1, 0.15) is 11.9 Å². The van der Waals surface area contributed by atoms with E-state index in [0.29, 0.717) is 22.0 Å². The Labute approximate surface area is 91.4 Å². The molecule has 0 radical (unpaired) electrons.